The molecule has 37 heavy (non-hydrogen) atoms. The molecule has 7 nitrogen and oxygen atoms in total. The zero-order valence-electron chi connectivity index (χ0n) is 20.9. The van der Waals surface area contributed by atoms with Crippen molar-refractivity contribution in [1.82, 2.24) is 4.72 Å². The van der Waals surface area contributed by atoms with E-state index in [9.17, 15) is 18.3 Å². The maximum absolute atomic E-state index is 13.3. The number of rotatable bonds is 12. The summed E-state index contributed by atoms with van der Waals surface area (Å²) in [6.07, 6.45) is -1.74. The molecule has 1 amide bonds. The normalized spacial score (nSPS) is 12.9. The van der Waals surface area contributed by atoms with Crippen LogP contribution in [0, 0.1) is 5.92 Å². The quantitative estimate of drug-likeness (QED) is 0.310. The summed E-state index contributed by atoms with van der Waals surface area (Å²) in [5.41, 5.74) is 6.09. The molecule has 0 heterocycles. The van der Waals surface area contributed by atoms with Gasteiger partial charge in [0.05, 0.1) is 4.90 Å². The van der Waals surface area contributed by atoms with Crippen molar-refractivity contribution in [3.05, 3.63) is 101 Å². The van der Waals surface area contributed by atoms with E-state index >= 15 is 0 Å². The molecule has 4 N–H and O–H groups in total. The predicted octanol–water partition coefficient (Wildman–Crippen LogP) is 4.50. The fourth-order valence-electron chi connectivity index (χ4n) is 4.38. The molecular formula is C28H33ClN2O5S. The van der Waals surface area contributed by atoms with Crippen LogP contribution < -0.4 is 10.5 Å². The average Bonchev–Trinajstić information content (AvgIpc) is 2.83. The third-order valence-corrected chi connectivity index (χ3v) is 7.77. The first-order valence-corrected chi connectivity index (χ1v) is 13.9. The fraction of sp³-hybridized carbons (Fsp3) is 0.321. The second kappa shape index (κ2) is 12.6. The van der Waals surface area contributed by atoms with Crippen molar-refractivity contribution in [1.29, 1.82) is 0 Å². The van der Waals surface area contributed by atoms with Gasteiger partial charge in [-0.2, -0.15) is 0 Å². The Morgan fingerprint density at radius 1 is 1.00 bits per heavy atom. The third kappa shape index (κ3) is 8.04. The topological polar surface area (TPSA) is 119 Å². The highest BCUT2D eigenvalue weighted by molar-refractivity contribution is 7.89. The number of hydrogen-bond acceptors (Lipinski definition) is 5. The molecule has 198 valence electrons. The zero-order valence-corrected chi connectivity index (χ0v) is 22.5. The molecule has 3 rings (SSSR count). The predicted molar refractivity (Wildman–Crippen MR) is 145 cm³/mol. The van der Waals surface area contributed by atoms with E-state index in [1.165, 1.54) is 12.1 Å². The van der Waals surface area contributed by atoms with E-state index < -0.39 is 34.4 Å². The van der Waals surface area contributed by atoms with Crippen LogP contribution in [-0.4, -0.2) is 37.9 Å². The number of amides is 1. The van der Waals surface area contributed by atoms with Crippen LogP contribution in [-0.2, 0) is 34.0 Å². The summed E-state index contributed by atoms with van der Waals surface area (Å²) in [5.74, 6) is 0.200. The lowest BCUT2D eigenvalue weighted by Gasteiger charge is -2.37. The molecule has 1 atom stereocenters. The van der Waals surface area contributed by atoms with Gasteiger partial charge in [0.2, 0.25) is 10.0 Å². The average molecular weight is 545 g/mol. The number of primary amides is 1. The van der Waals surface area contributed by atoms with Crippen molar-refractivity contribution in [2.75, 3.05) is 6.54 Å². The Bertz CT molecular complexity index is 1240. The van der Waals surface area contributed by atoms with Crippen LogP contribution in [0.25, 0.3) is 0 Å². The Hall–Kier alpha value is -2.91. The first-order valence-electron chi connectivity index (χ1n) is 12.0. The molecular weight excluding hydrogens is 512 g/mol. The third-order valence-electron chi connectivity index (χ3n) is 6.01. The maximum atomic E-state index is 13.3. The number of aliphatic hydroxyl groups excluding tert-OH is 1. The molecule has 0 spiro atoms. The van der Waals surface area contributed by atoms with Crippen molar-refractivity contribution in [2.24, 2.45) is 11.7 Å². The largest absolute Gasteiger partial charge is 0.440 e. The van der Waals surface area contributed by atoms with Crippen molar-refractivity contribution < 1.29 is 23.1 Å². The second-order valence-electron chi connectivity index (χ2n) is 9.53. The number of carbonyl (C=O) groups is 1. The van der Waals surface area contributed by atoms with Gasteiger partial charge in [-0.1, -0.05) is 86.1 Å². The first-order chi connectivity index (χ1) is 17.5. The molecule has 0 saturated carbocycles. The lowest BCUT2D eigenvalue weighted by molar-refractivity contribution is -0.0758. The Kier molecular flexibility index (Phi) is 9.73. The Labute approximate surface area is 223 Å². The molecule has 0 aliphatic rings. The van der Waals surface area contributed by atoms with Crippen LogP contribution in [0.4, 0.5) is 4.79 Å². The monoisotopic (exact) mass is 544 g/mol. The summed E-state index contributed by atoms with van der Waals surface area (Å²) in [4.78, 5) is 12.1. The van der Waals surface area contributed by atoms with Crippen LogP contribution in [0.15, 0.2) is 83.8 Å². The lowest BCUT2D eigenvalue weighted by Crippen LogP contribution is -2.55. The van der Waals surface area contributed by atoms with Crippen molar-refractivity contribution in [2.45, 2.75) is 49.7 Å². The number of ether oxygens (including phenoxy) is 1. The van der Waals surface area contributed by atoms with Gasteiger partial charge < -0.3 is 15.6 Å². The number of nitrogens with two attached hydrogens (primary N) is 1. The highest BCUT2D eigenvalue weighted by atomic mass is 35.5. The molecule has 0 bridgehead atoms. The summed E-state index contributed by atoms with van der Waals surface area (Å²) in [7, 11) is -4.02. The van der Waals surface area contributed by atoms with Gasteiger partial charge in [-0.25, -0.2) is 17.9 Å². The van der Waals surface area contributed by atoms with Crippen molar-refractivity contribution >= 4 is 27.7 Å². The number of nitrogens with one attached hydrogen (secondary N) is 1. The van der Waals surface area contributed by atoms with Crippen LogP contribution in [0.3, 0.4) is 0 Å². The van der Waals surface area contributed by atoms with E-state index in [1.807, 2.05) is 74.5 Å². The number of hydrogen-bond donors (Lipinski definition) is 3. The van der Waals surface area contributed by atoms with E-state index in [0.717, 1.165) is 11.1 Å². The van der Waals surface area contributed by atoms with Gasteiger partial charge >= 0.3 is 6.09 Å². The molecule has 3 aromatic rings. The van der Waals surface area contributed by atoms with Crippen molar-refractivity contribution in [3.8, 4) is 0 Å². The Balaban J connectivity index is 1.94. The maximum Gasteiger partial charge on any atom is 0.405 e. The van der Waals surface area contributed by atoms with Gasteiger partial charge in [0.1, 0.15) is 11.7 Å². The van der Waals surface area contributed by atoms with Crippen LogP contribution in [0.2, 0.25) is 5.02 Å². The summed E-state index contributed by atoms with van der Waals surface area (Å²) in [6, 6.07) is 23.0. The molecule has 0 fully saturated rings. The van der Waals surface area contributed by atoms with Gasteiger partial charge in [0.25, 0.3) is 0 Å². The van der Waals surface area contributed by atoms with Crippen LogP contribution >= 0.6 is 11.6 Å². The van der Waals surface area contributed by atoms with E-state index in [4.69, 9.17) is 22.1 Å². The molecule has 0 radical (unpaired) electrons. The highest BCUT2D eigenvalue weighted by Gasteiger charge is 2.42. The van der Waals surface area contributed by atoms with Gasteiger partial charge in [-0.15, -0.1) is 0 Å². The van der Waals surface area contributed by atoms with Gasteiger partial charge in [-0.3, -0.25) is 0 Å². The summed E-state index contributed by atoms with van der Waals surface area (Å²) in [5, 5.41) is 11.9. The Morgan fingerprint density at radius 2 is 1.54 bits per heavy atom. The van der Waals surface area contributed by atoms with Gasteiger partial charge in [-0.05, 0) is 47.2 Å². The summed E-state index contributed by atoms with van der Waals surface area (Å²) in [6.45, 7) is 3.56. The molecule has 0 saturated heterocycles. The van der Waals surface area contributed by atoms with E-state index in [-0.39, 0.29) is 23.7 Å². The number of carbonyl (C=O) groups excluding carboxylic acids is 1. The molecule has 3 aromatic carbocycles. The smallest absolute Gasteiger partial charge is 0.405 e. The minimum absolute atomic E-state index is 0.0883. The van der Waals surface area contributed by atoms with E-state index in [0.29, 0.717) is 17.0 Å². The van der Waals surface area contributed by atoms with Crippen LogP contribution in [0.5, 0.6) is 0 Å². The first kappa shape index (κ1) is 28.7. The summed E-state index contributed by atoms with van der Waals surface area (Å²) < 4.78 is 34.7. The molecule has 0 unspecified atom stereocenters. The zero-order chi connectivity index (χ0) is 27.1. The minimum Gasteiger partial charge on any atom is -0.440 e. The van der Waals surface area contributed by atoms with Crippen LogP contribution in [0.1, 0.15) is 30.5 Å². The molecule has 9 heteroatoms. The van der Waals surface area contributed by atoms with Gasteiger partial charge in [0, 0.05) is 24.4 Å². The molecule has 0 aliphatic heterocycles. The minimum atomic E-state index is -4.02. The Morgan fingerprint density at radius 3 is 2.03 bits per heavy atom. The van der Waals surface area contributed by atoms with E-state index in [2.05, 4.69) is 4.72 Å². The van der Waals surface area contributed by atoms with E-state index in [1.54, 1.807) is 6.07 Å². The lowest BCUT2D eigenvalue weighted by atomic mass is 9.83. The summed E-state index contributed by atoms with van der Waals surface area (Å²) >= 11 is 6.12. The fourth-order valence-corrected chi connectivity index (χ4v) is 5.85. The second-order valence-corrected chi connectivity index (χ2v) is 11.7. The highest BCUT2D eigenvalue weighted by Crippen LogP contribution is 2.29. The molecule has 0 aliphatic carbocycles. The number of aliphatic hydroxyl groups is 1. The SMILES string of the molecule is CC(C)Cc1cc(Cl)ccc1S(=O)(=O)NC[C@@H](O)C(Cc1ccccc1)(Cc1ccccc1)OC(N)=O. The standard InChI is InChI=1S/C28H33ClN2O5S/c1-20(2)15-23-16-24(29)13-14-25(23)37(34,35)31-19-26(32)28(36-27(30)33,17-21-9-5-3-6-10-21)18-22-11-7-4-8-12-22/h3-14,16,20,26,31-32H,15,17-19H2,1-2H3,(H2,30,33)/t26-/m1/s1. The van der Waals surface area contributed by atoms with Crippen molar-refractivity contribution in [3.63, 3.8) is 0 Å². The number of sulfonamides is 1. The number of benzene rings is 3. The van der Waals surface area contributed by atoms with Gasteiger partial charge in [0.15, 0.2) is 0 Å². The molecule has 0 aromatic heterocycles. The number of halogens is 1.